The van der Waals surface area contributed by atoms with E-state index in [1.54, 1.807) is 4.90 Å². The molecule has 0 aliphatic rings. The maximum Gasteiger partial charge on any atom is 0.240 e. The van der Waals surface area contributed by atoms with Gasteiger partial charge in [-0.25, -0.2) is 0 Å². The summed E-state index contributed by atoms with van der Waals surface area (Å²) in [6, 6.07) is 30.0. The maximum atomic E-state index is 13.5. The maximum absolute atomic E-state index is 13.5. The number of carbonyl (C=O) groups is 1. The van der Waals surface area contributed by atoms with E-state index in [9.17, 15) is 4.79 Å². The van der Waals surface area contributed by atoms with E-state index in [4.69, 9.17) is 5.26 Å². The van der Waals surface area contributed by atoms with Gasteiger partial charge in [0.2, 0.25) is 5.91 Å². The molecular weight excluding hydrogens is 454 g/mol. The Balaban J connectivity index is 1.62. The highest BCUT2D eigenvalue weighted by Crippen LogP contribution is 2.29. The number of para-hydroxylation sites is 1. The smallest absolute Gasteiger partial charge is 0.240 e. The van der Waals surface area contributed by atoms with Crippen LogP contribution in [0.5, 0.6) is 0 Å². The molecule has 1 unspecified atom stereocenters. The second-order valence-electron chi connectivity index (χ2n) is 8.23. The molecule has 1 aromatic heterocycles. The van der Waals surface area contributed by atoms with Crippen molar-refractivity contribution in [2.24, 2.45) is 0 Å². The Kier molecular flexibility index (Phi) is 7.96. The van der Waals surface area contributed by atoms with E-state index in [1.807, 2.05) is 91.2 Å². The van der Waals surface area contributed by atoms with Crippen LogP contribution < -0.4 is 4.90 Å². The number of carbonyl (C=O) groups excluding carboxylic acids is 1. The molecule has 0 N–H and O–H groups in total. The van der Waals surface area contributed by atoms with Crippen molar-refractivity contribution in [2.45, 2.75) is 37.1 Å². The summed E-state index contributed by atoms with van der Waals surface area (Å²) in [7, 11) is 0. The van der Waals surface area contributed by atoms with Gasteiger partial charge in [-0.1, -0.05) is 78.0 Å². The van der Waals surface area contributed by atoms with Crippen LogP contribution in [0.2, 0.25) is 0 Å². The van der Waals surface area contributed by atoms with Gasteiger partial charge in [0.05, 0.1) is 17.7 Å². The average Bonchev–Trinajstić information content (AvgIpc) is 3.27. The van der Waals surface area contributed by atoms with Gasteiger partial charge >= 0.3 is 0 Å². The Morgan fingerprint density at radius 2 is 1.66 bits per heavy atom. The van der Waals surface area contributed by atoms with Crippen LogP contribution in [-0.2, 0) is 11.2 Å². The third-order valence-corrected chi connectivity index (χ3v) is 6.64. The summed E-state index contributed by atoms with van der Waals surface area (Å²) in [6.07, 6.45) is 0.891. The largest absolute Gasteiger partial charge is 0.310 e. The highest BCUT2D eigenvalue weighted by Gasteiger charge is 2.26. The lowest BCUT2D eigenvalue weighted by Gasteiger charge is -2.25. The van der Waals surface area contributed by atoms with Crippen LogP contribution >= 0.6 is 11.8 Å². The van der Waals surface area contributed by atoms with Crippen molar-refractivity contribution < 1.29 is 4.79 Å². The minimum atomic E-state index is -0.425. The van der Waals surface area contributed by atoms with Crippen LogP contribution in [0.3, 0.4) is 0 Å². The SMILES string of the molecule is Cc1ccc(N(CCC#N)C(=O)C(C)Sc2nnc(Cc3ccccc3)n2-c2ccccc2)cc1. The highest BCUT2D eigenvalue weighted by atomic mass is 32.2. The number of rotatable bonds is 9. The molecule has 0 saturated carbocycles. The molecule has 0 aliphatic carbocycles. The molecule has 1 atom stereocenters. The van der Waals surface area contributed by atoms with Crippen molar-refractivity contribution in [1.82, 2.24) is 14.8 Å². The van der Waals surface area contributed by atoms with Crippen molar-refractivity contribution in [2.75, 3.05) is 11.4 Å². The fraction of sp³-hybridized carbons (Fsp3) is 0.214. The average molecular weight is 482 g/mol. The third kappa shape index (κ3) is 5.97. The van der Waals surface area contributed by atoms with Gasteiger partial charge in [0.15, 0.2) is 5.16 Å². The Morgan fingerprint density at radius 1 is 1.00 bits per heavy atom. The van der Waals surface area contributed by atoms with Crippen LogP contribution in [0.4, 0.5) is 5.69 Å². The number of nitriles is 1. The molecule has 0 fully saturated rings. The zero-order chi connectivity index (χ0) is 24.6. The molecule has 35 heavy (non-hydrogen) atoms. The van der Waals surface area contributed by atoms with Crippen LogP contribution in [0.15, 0.2) is 90.1 Å². The van der Waals surface area contributed by atoms with Crippen molar-refractivity contribution >= 4 is 23.4 Å². The second kappa shape index (κ2) is 11.5. The Hall–Kier alpha value is -3.89. The van der Waals surface area contributed by atoms with E-state index >= 15 is 0 Å². The number of aromatic nitrogens is 3. The summed E-state index contributed by atoms with van der Waals surface area (Å²) in [6.45, 7) is 4.22. The number of anilines is 1. The Labute approximate surface area is 210 Å². The first-order valence-corrected chi connectivity index (χ1v) is 12.4. The summed E-state index contributed by atoms with van der Waals surface area (Å²) < 4.78 is 2.02. The van der Waals surface area contributed by atoms with Crippen molar-refractivity contribution in [3.63, 3.8) is 0 Å². The number of thioether (sulfide) groups is 1. The number of aryl methyl sites for hydroxylation is 1. The van der Waals surface area contributed by atoms with Crippen molar-refractivity contribution in [3.05, 3.63) is 102 Å². The highest BCUT2D eigenvalue weighted by molar-refractivity contribution is 8.00. The monoisotopic (exact) mass is 481 g/mol. The van der Waals surface area contributed by atoms with Gasteiger partial charge in [0.1, 0.15) is 5.82 Å². The normalized spacial score (nSPS) is 11.6. The Morgan fingerprint density at radius 3 is 2.31 bits per heavy atom. The molecule has 3 aromatic carbocycles. The molecule has 4 rings (SSSR count). The van der Waals surface area contributed by atoms with E-state index in [0.29, 0.717) is 18.1 Å². The van der Waals surface area contributed by atoms with Gasteiger partial charge in [-0.2, -0.15) is 5.26 Å². The topological polar surface area (TPSA) is 74.8 Å². The summed E-state index contributed by atoms with van der Waals surface area (Å²) in [5.74, 6) is 0.741. The van der Waals surface area contributed by atoms with Crippen molar-refractivity contribution in [3.8, 4) is 11.8 Å². The van der Waals surface area contributed by atoms with Gasteiger partial charge in [-0.05, 0) is 43.7 Å². The van der Waals surface area contributed by atoms with E-state index < -0.39 is 5.25 Å². The summed E-state index contributed by atoms with van der Waals surface area (Å²) in [5, 5.41) is 18.3. The van der Waals surface area contributed by atoms with E-state index in [-0.39, 0.29) is 12.3 Å². The third-order valence-electron chi connectivity index (χ3n) is 5.61. The fourth-order valence-electron chi connectivity index (χ4n) is 3.79. The standard InChI is InChI=1S/C28H27N5OS/c1-21-14-16-24(17-15-21)32(19-9-18-29)27(34)22(2)35-28-31-30-26(20-23-10-5-3-6-11-23)33(28)25-12-7-4-8-13-25/h3-8,10-17,22H,9,19-20H2,1-2H3. The van der Waals surface area contributed by atoms with Gasteiger partial charge in [-0.3, -0.25) is 9.36 Å². The Bertz CT molecular complexity index is 1300. The number of benzene rings is 3. The first-order chi connectivity index (χ1) is 17.1. The predicted octanol–water partition coefficient (Wildman–Crippen LogP) is 5.59. The van der Waals surface area contributed by atoms with Gasteiger partial charge in [-0.15, -0.1) is 10.2 Å². The first kappa shape index (κ1) is 24.2. The quantitative estimate of drug-likeness (QED) is 0.291. The number of amides is 1. The number of nitrogens with zero attached hydrogens (tertiary/aromatic N) is 5. The van der Waals surface area contributed by atoms with Crippen molar-refractivity contribution in [1.29, 1.82) is 5.26 Å². The van der Waals surface area contributed by atoms with Gasteiger partial charge in [0, 0.05) is 24.3 Å². The molecule has 6 nitrogen and oxygen atoms in total. The lowest BCUT2D eigenvalue weighted by molar-refractivity contribution is -0.117. The molecule has 7 heteroatoms. The molecule has 176 valence electrons. The minimum absolute atomic E-state index is 0.0682. The van der Waals surface area contributed by atoms with Gasteiger partial charge in [0.25, 0.3) is 0 Å². The summed E-state index contributed by atoms with van der Waals surface area (Å²) in [5.41, 5.74) is 3.99. The molecule has 1 amide bonds. The van der Waals surface area contributed by atoms with Crippen LogP contribution in [-0.4, -0.2) is 32.5 Å². The van der Waals surface area contributed by atoms with E-state index in [0.717, 1.165) is 28.3 Å². The molecule has 1 heterocycles. The number of hydrogen-bond acceptors (Lipinski definition) is 5. The molecular formula is C28H27N5OS. The number of hydrogen-bond donors (Lipinski definition) is 0. The van der Waals surface area contributed by atoms with Gasteiger partial charge < -0.3 is 4.90 Å². The van der Waals surface area contributed by atoms with Crippen LogP contribution in [0.25, 0.3) is 5.69 Å². The fourth-order valence-corrected chi connectivity index (χ4v) is 4.74. The molecule has 0 aliphatic heterocycles. The molecule has 0 bridgehead atoms. The first-order valence-electron chi connectivity index (χ1n) is 11.5. The van der Waals surface area contributed by atoms with Crippen LogP contribution in [0.1, 0.15) is 30.3 Å². The molecule has 0 saturated heterocycles. The zero-order valence-electron chi connectivity index (χ0n) is 19.8. The molecule has 4 aromatic rings. The zero-order valence-corrected chi connectivity index (χ0v) is 20.7. The predicted molar refractivity (Wildman–Crippen MR) is 140 cm³/mol. The summed E-state index contributed by atoms with van der Waals surface area (Å²) in [4.78, 5) is 15.2. The molecule has 0 spiro atoms. The second-order valence-corrected chi connectivity index (χ2v) is 9.53. The minimum Gasteiger partial charge on any atom is -0.310 e. The lowest BCUT2D eigenvalue weighted by atomic mass is 10.1. The van der Waals surface area contributed by atoms with E-state index in [2.05, 4.69) is 28.4 Å². The lowest BCUT2D eigenvalue weighted by Crippen LogP contribution is -2.37. The molecule has 0 radical (unpaired) electrons. The van der Waals surface area contributed by atoms with Crippen LogP contribution in [0, 0.1) is 18.3 Å². The van der Waals surface area contributed by atoms with E-state index in [1.165, 1.54) is 11.8 Å². The summed E-state index contributed by atoms with van der Waals surface area (Å²) >= 11 is 1.38.